The highest BCUT2D eigenvalue weighted by Gasteiger charge is 2.11. The lowest BCUT2D eigenvalue weighted by molar-refractivity contribution is -0.124. The van der Waals surface area contributed by atoms with Gasteiger partial charge in [0.25, 0.3) is 0 Å². The van der Waals surface area contributed by atoms with Gasteiger partial charge in [-0.15, -0.1) is 0 Å². The van der Waals surface area contributed by atoms with Crippen molar-refractivity contribution in [2.45, 2.75) is 40.8 Å². The lowest BCUT2D eigenvalue weighted by atomic mass is 10.2. The summed E-state index contributed by atoms with van der Waals surface area (Å²) >= 11 is 0. The zero-order chi connectivity index (χ0) is 24.5. The third kappa shape index (κ3) is 26.9. The molecule has 0 aliphatic rings. The van der Waals surface area contributed by atoms with Gasteiger partial charge in [0.05, 0.1) is 79.2 Å². The molecule has 0 radical (unpaired) electrons. The summed E-state index contributed by atoms with van der Waals surface area (Å²) in [7, 11) is 0. The van der Waals surface area contributed by atoms with Gasteiger partial charge in [-0.1, -0.05) is 27.7 Å². The van der Waals surface area contributed by atoms with Crippen molar-refractivity contribution >= 4 is 11.7 Å². The van der Waals surface area contributed by atoms with Crippen molar-refractivity contribution in [1.29, 1.82) is 0 Å². The summed E-state index contributed by atoms with van der Waals surface area (Å²) in [6, 6.07) is 0. The number of hydrogen-bond donors (Lipinski definition) is 1. The SMILES string of the molecule is CC.CC(=O)COCCOCCOCCOCCOCCOCC(F)CNC(=O)C(C)C. The molecule has 0 rings (SSSR count). The molecular weight excluding hydrogens is 425 g/mol. The molecule has 1 N–H and O–H groups in total. The summed E-state index contributed by atoms with van der Waals surface area (Å²) in [5.41, 5.74) is 0. The van der Waals surface area contributed by atoms with Crippen LogP contribution in [0.15, 0.2) is 0 Å². The van der Waals surface area contributed by atoms with E-state index in [1.807, 2.05) is 13.8 Å². The Balaban J connectivity index is 0. The molecule has 9 nitrogen and oxygen atoms in total. The van der Waals surface area contributed by atoms with Crippen LogP contribution in [0.5, 0.6) is 0 Å². The normalized spacial score (nSPS) is 11.7. The van der Waals surface area contributed by atoms with E-state index < -0.39 is 6.17 Å². The summed E-state index contributed by atoms with van der Waals surface area (Å²) in [6.45, 7) is 13.1. The molecule has 192 valence electrons. The molecule has 1 atom stereocenters. The van der Waals surface area contributed by atoms with Gasteiger partial charge in [0, 0.05) is 5.92 Å². The van der Waals surface area contributed by atoms with Crippen LogP contribution in [-0.2, 0) is 38.0 Å². The van der Waals surface area contributed by atoms with Crippen molar-refractivity contribution in [3.63, 3.8) is 0 Å². The third-order valence-electron chi connectivity index (χ3n) is 3.49. The smallest absolute Gasteiger partial charge is 0.222 e. The van der Waals surface area contributed by atoms with E-state index in [-0.39, 0.29) is 44.0 Å². The molecule has 0 aliphatic carbocycles. The van der Waals surface area contributed by atoms with Crippen molar-refractivity contribution in [2.24, 2.45) is 5.92 Å². The van der Waals surface area contributed by atoms with Crippen molar-refractivity contribution < 1.29 is 42.4 Å². The molecule has 0 fully saturated rings. The third-order valence-corrected chi connectivity index (χ3v) is 3.49. The molecule has 0 aliphatic heterocycles. The molecule has 0 bridgehead atoms. The number of carbonyl (C=O) groups excluding carboxylic acids is 2. The first-order valence-electron chi connectivity index (χ1n) is 11.3. The van der Waals surface area contributed by atoms with Crippen molar-refractivity contribution in [3.05, 3.63) is 0 Å². The van der Waals surface area contributed by atoms with Crippen LogP contribution in [0.1, 0.15) is 34.6 Å². The maximum atomic E-state index is 13.5. The molecule has 10 heteroatoms. The molecule has 1 unspecified atom stereocenters. The van der Waals surface area contributed by atoms with Crippen LogP contribution in [0.4, 0.5) is 4.39 Å². The fraction of sp³-hybridized carbons (Fsp3) is 0.909. The predicted octanol–water partition coefficient (Wildman–Crippen LogP) is 1.81. The zero-order valence-electron chi connectivity index (χ0n) is 20.5. The quantitative estimate of drug-likeness (QED) is 0.240. The van der Waals surface area contributed by atoms with Crippen LogP contribution < -0.4 is 5.32 Å². The molecule has 1 amide bonds. The van der Waals surface area contributed by atoms with E-state index in [4.69, 9.17) is 28.4 Å². The van der Waals surface area contributed by atoms with Gasteiger partial charge in [-0.3, -0.25) is 9.59 Å². The molecule has 32 heavy (non-hydrogen) atoms. The van der Waals surface area contributed by atoms with Crippen LogP contribution in [0, 0.1) is 5.92 Å². The lowest BCUT2D eigenvalue weighted by Gasteiger charge is -2.12. The number of Topliss-reactive ketones (excluding diaryl/α,β-unsaturated/α-hetero) is 1. The number of hydrogen-bond acceptors (Lipinski definition) is 8. The second kappa shape index (κ2) is 26.1. The van der Waals surface area contributed by atoms with E-state index in [1.54, 1.807) is 13.8 Å². The minimum Gasteiger partial charge on any atom is -0.377 e. The Morgan fingerprint density at radius 2 is 1.09 bits per heavy atom. The van der Waals surface area contributed by atoms with Crippen LogP contribution in [0.25, 0.3) is 0 Å². The average Bonchev–Trinajstić information content (AvgIpc) is 2.77. The van der Waals surface area contributed by atoms with Crippen LogP contribution >= 0.6 is 0 Å². The van der Waals surface area contributed by atoms with Crippen LogP contribution in [0.3, 0.4) is 0 Å². The van der Waals surface area contributed by atoms with E-state index >= 15 is 0 Å². The van der Waals surface area contributed by atoms with Gasteiger partial charge in [0.15, 0.2) is 5.78 Å². The molecule has 0 aromatic heterocycles. The van der Waals surface area contributed by atoms with E-state index in [1.165, 1.54) is 6.92 Å². The topological polar surface area (TPSA) is 102 Å². The van der Waals surface area contributed by atoms with Gasteiger partial charge in [0.1, 0.15) is 12.8 Å². The van der Waals surface area contributed by atoms with Gasteiger partial charge >= 0.3 is 0 Å². The first kappa shape index (κ1) is 33.0. The van der Waals surface area contributed by atoms with E-state index in [9.17, 15) is 14.0 Å². The molecule has 0 spiro atoms. The Kier molecular flexibility index (Phi) is 26.9. The predicted molar refractivity (Wildman–Crippen MR) is 120 cm³/mol. The summed E-state index contributed by atoms with van der Waals surface area (Å²) in [4.78, 5) is 22.0. The molecule has 0 heterocycles. The van der Waals surface area contributed by atoms with Crippen LogP contribution in [0.2, 0.25) is 0 Å². The monoisotopic (exact) mass is 469 g/mol. The number of carbonyl (C=O) groups is 2. The minimum atomic E-state index is -1.23. The second-order valence-corrected chi connectivity index (χ2v) is 6.78. The molecule has 0 saturated heterocycles. The number of ketones is 1. The zero-order valence-corrected chi connectivity index (χ0v) is 20.5. The summed E-state index contributed by atoms with van der Waals surface area (Å²) in [5.74, 6) is -0.343. The molecule has 0 saturated carbocycles. The highest BCUT2D eigenvalue weighted by molar-refractivity contribution is 5.77. The Labute approximate surface area is 192 Å². The fourth-order valence-corrected chi connectivity index (χ4v) is 1.90. The Hall–Kier alpha value is -1.17. The molecule has 0 aromatic carbocycles. The lowest BCUT2D eigenvalue weighted by Crippen LogP contribution is -2.35. The summed E-state index contributed by atoms with van der Waals surface area (Å²) in [6.07, 6.45) is -1.23. The standard InChI is InChI=1S/C20H38FNO8.C2H6/c1-17(2)20(24)22-14-19(21)16-30-13-11-28-9-7-26-5-4-25-6-8-27-10-12-29-15-18(3)23;1-2/h17,19H,4-16H2,1-3H3,(H,22,24);1-2H3. The van der Waals surface area contributed by atoms with E-state index in [2.05, 4.69) is 5.32 Å². The van der Waals surface area contributed by atoms with Crippen molar-refractivity contribution in [3.8, 4) is 0 Å². The highest BCUT2D eigenvalue weighted by atomic mass is 19.1. The van der Waals surface area contributed by atoms with Crippen molar-refractivity contribution in [1.82, 2.24) is 5.32 Å². The fourth-order valence-electron chi connectivity index (χ4n) is 1.90. The van der Waals surface area contributed by atoms with Crippen molar-refractivity contribution in [2.75, 3.05) is 85.8 Å². The minimum absolute atomic E-state index is 0.00709. The Morgan fingerprint density at radius 1 is 0.719 bits per heavy atom. The average molecular weight is 470 g/mol. The summed E-state index contributed by atoms with van der Waals surface area (Å²) in [5, 5.41) is 2.52. The number of amides is 1. The highest BCUT2D eigenvalue weighted by Crippen LogP contribution is 1.94. The van der Waals surface area contributed by atoms with Gasteiger partial charge in [-0.2, -0.15) is 0 Å². The Morgan fingerprint density at radius 3 is 1.47 bits per heavy atom. The van der Waals surface area contributed by atoms with Gasteiger partial charge in [0.2, 0.25) is 5.91 Å². The van der Waals surface area contributed by atoms with Gasteiger partial charge in [-0.25, -0.2) is 4.39 Å². The summed E-state index contributed by atoms with van der Waals surface area (Å²) < 4.78 is 45.0. The second-order valence-electron chi connectivity index (χ2n) is 6.78. The van der Waals surface area contributed by atoms with Crippen LogP contribution in [-0.4, -0.2) is 104 Å². The molecule has 0 aromatic rings. The van der Waals surface area contributed by atoms with E-state index in [0.29, 0.717) is 59.5 Å². The number of ether oxygens (including phenoxy) is 6. The van der Waals surface area contributed by atoms with E-state index in [0.717, 1.165) is 0 Å². The first-order chi connectivity index (χ1) is 15.4. The maximum absolute atomic E-state index is 13.5. The number of alkyl halides is 1. The Bertz CT molecular complexity index is 427. The maximum Gasteiger partial charge on any atom is 0.222 e. The van der Waals surface area contributed by atoms with Gasteiger partial charge < -0.3 is 33.7 Å². The number of rotatable bonds is 22. The largest absolute Gasteiger partial charge is 0.377 e. The number of nitrogens with one attached hydrogen (secondary N) is 1. The molecular formula is C22H44FNO8. The van der Waals surface area contributed by atoms with Gasteiger partial charge in [-0.05, 0) is 6.92 Å². The first-order valence-corrected chi connectivity index (χ1v) is 11.3. The number of halogens is 1.